The topological polar surface area (TPSA) is 74.6 Å². The summed E-state index contributed by atoms with van der Waals surface area (Å²) in [6.45, 7) is 0.168. The Morgan fingerprint density at radius 2 is 1.69 bits per heavy atom. The molecule has 1 saturated carbocycles. The summed E-state index contributed by atoms with van der Waals surface area (Å²) in [6.07, 6.45) is 3.40. The number of hydrogen-bond acceptors (Lipinski definition) is 3. The molecule has 4 nitrogen and oxygen atoms in total. The second kappa shape index (κ2) is 4.39. The standard InChI is InChI=1S/C8H16O4S/c9-6-5-7-1-3-8(4-2-7)13(10,11)12/h7-9H,1-6H2,(H,10,11,12). The first-order chi connectivity index (χ1) is 6.04. The Kier molecular flexibility index (Phi) is 3.70. The van der Waals surface area contributed by atoms with E-state index in [-0.39, 0.29) is 6.61 Å². The summed E-state index contributed by atoms with van der Waals surface area (Å²) in [7, 11) is -3.83. The van der Waals surface area contributed by atoms with Crippen LogP contribution in [0.15, 0.2) is 0 Å². The fourth-order valence-corrected chi connectivity index (χ4v) is 2.77. The van der Waals surface area contributed by atoms with Crippen molar-refractivity contribution in [2.45, 2.75) is 37.4 Å². The predicted octanol–water partition coefficient (Wildman–Crippen LogP) is 0.815. The third-order valence-electron chi connectivity index (χ3n) is 2.75. The number of hydrogen-bond donors (Lipinski definition) is 2. The van der Waals surface area contributed by atoms with E-state index in [0.717, 1.165) is 19.3 Å². The first-order valence-electron chi connectivity index (χ1n) is 4.61. The first kappa shape index (κ1) is 10.9. The Morgan fingerprint density at radius 3 is 2.08 bits per heavy atom. The maximum atomic E-state index is 10.8. The third-order valence-corrected chi connectivity index (χ3v) is 4.07. The third kappa shape index (κ3) is 3.25. The highest BCUT2D eigenvalue weighted by Gasteiger charge is 2.28. The fourth-order valence-electron chi connectivity index (χ4n) is 1.90. The Labute approximate surface area is 78.7 Å². The van der Waals surface area contributed by atoms with Crippen LogP contribution in [0.25, 0.3) is 0 Å². The highest BCUT2D eigenvalue weighted by molar-refractivity contribution is 7.86. The monoisotopic (exact) mass is 208 g/mol. The van der Waals surface area contributed by atoms with Crippen LogP contribution >= 0.6 is 0 Å². The summed E-state index contributed by atoms with van der Waals surface area (Å²) >= 11 is 0. The van der Waals surface area contributed by atoms with Gasteiger partial charge in [0.1, 0.15) is 0 Å². The number of aliphatic hydroxyl groups excluding tert-OH is 1. The zero-order valence-corrected chi connectivity index (χ0v) is 8.33. The van der Waals surface area contributed by atoms with Crippen molar-refractivity contribution in [2.24, 2.45) is 5.92 Å². The average Bonchev–Trinajstić information content (AvgIpc) is 2.04. The molecule has 1 rings (SSSR count). The molecule has 0 atom stereocenters. The second-order valence-corrected chi connectivity index (χ2v) is 5.37. The van der Waals surface area contributed by atoms with E-state index >= 15 is 0 Å². The van der Waals surface area contributed by atoms with Gasteiger partial charge in [-0.25, -0.2) is 0 Å². The molecule has 78 valence electrons. The van der Waals surface area contributed by atoms with Crippen molar-refractivity contribution in [3.05, 3.63) is 0 Å². The van der Waals surface area contributed by atoms with Crippen LogP contribution in [0, 0.1) is 5.92 Å². The number of aliphatic hydroxyl groups is 1. The van der Waals surface area contributed by atoms with Crippen LogP contribution in [0.1, 0.15) is 32.1 Å². The van der Waals surface area contributed by atoms with Crippen molar-refractivity contribution in [2.75, 3.05) is 6.61 Å². The van der Waals surface area contributed by atoms with Gasteiger partial charge < -0.3 is 5.11 Å². The van der Waals surface area contributed by atoms with Gasteiger partial charge in [0.2, 0.25) is 0 Å². The minimum atomic E-state index is -3.83. The van der Waals surface area contributed by atoms with Crippen LogP contribution in [0.4, 0.5) is 0 Å². The van der Waals surface area contributed by atoms with Crippen LogP contribution < -0.4 is 0 Å². The second-order valence-electron chi connectivity index (χ2n) is 3.67. The summed E-state index contributed by atoms with van der Waals surface area (Å²) in [4.78, 5) is 0. The van der Waals surface area contributed by atoms with Gasteiger partial charge in [-0.15, -0.1) is 0 Å². The molecule has 13 heavy (non-hydrogen) atoms. The first-order valence-corrected chi connectivity index (χ1v) is 6.11. The van der Waals surface area contributed by atoms with Gasteiger partial charge in [-0.3, -0.25) is 4.55 Å². The molecule has 5 heteroatoms. The molecule has 0 aliphatic heterocycles. The van der Waals surface area contributed by atoms with Crippen molar-refractivity contribution >= 4 is 10.1 Å². The molecule has 0 aromatic carbocycles. The Bertz CT molecular complexity index is 239. The smallest absolute Gasteiger partial charge is 0.267 e. The molecular formula is C8H16O4S. The lowest BCUT2D eigenvalue weighted by Crippen LogP contribution is -2.26. The van der Waals surface area contributed by atoms with E-state index in [2.05, 4.69) is 0 Å². The number of rotatable bonds is 3. The summed E-state index contributed by atoms with van der Waals surface area (Å²) in [6, 6.07) is 0. The molecule has 0 aromatic rings. The maximum Gasteiger partial charge on any atom is 0.267 e. The van der Waals surface area contributed by atoms with Gasteiger partial charge >= 0.3 is 0 Å². The highest BCUT2D eigenvalue weighted by atomic mass is 32.2. The van der Waals surface area contributed by atoms with E-state index in [1.807, 2.05) is 0 Å². The van der Waals surface area contributed by atoms with Crippen LogP contribution in [0.2, 0.25) is 0 Å². The molecule has 0 aromatic heterocycles. The molecule has 0 amide bonds. The molecule has 0 spiro atoms. The van der Waals surface area contributed by atoms with E-state index in [1.165, 1.54) is 0 Å². The Morgan fingerprint density at radius 1 is 1.15 bits per heavy atom. The van der Waals surface area contributed by atoms with Crippen molar-refractivity contribution in [3.63, 3.8) is 0 Å². The van der Waals surface area contributed by atoms with E-state index < -0.39 is 15.4 Å². The van der Waals surface area contributed by atoms with E-state index in [1.54, 1.807) is 0 Å². The largest absolute Gasteiger partial charge is 0.396 e. The Balaban J connectivity index is 2.39. The van der Waals surface area contributed by atoms with Crippen LogP contribution in [-0.4, -0.2) is 29.9 Å². The van der Waals surface area contributed by atoms with Gasteiger partial charge in [0.25, 0.3) is 10.1 Å². The van der Waals surface area contributed by atoms with Crippen LogP contribution in [0.3, 0.4) is 0 Å². The summed E-state index contributed by atoms with van der Waals surface area (Å²) in [5, 5.41) is 8.11. The quantitative estimate of drug-likeness (QED) is 0.673. The van der Waals surface area contributed by atoms with Crippen molar-refractivity contribution in [3.8, 4) is 0 Å². The van der Waals surface area contributed by atoms with E-state index in [4.69, 9.17) is 9.66 Å². The minimum Gasteiger partial charge on any atom is -0.396 e. The summed E-state index contributed by atoms with van der Waals surface area (Å²) < 4.78 is 30.3. The molecule has 2 N–H and O–H groups in total. The zero-order valence-electron chi connectivity index (χ0n) is 7.52. The van der Waals surface area contributed by atoms with Gasteiger partial charge in [0.15, 0.2) is 0 Å². The van der Waals surface area contributed by atoms with Gasteiger partial charge in [-0.1, -0.05) is 0 Å². The van der Waals surface area contributed by atoms with Crippen molar-refractivity contribution in [1.29, 1.82) is 0 Å². The minimum absolute atomic E-state index is 0.168. The molecule has 0 bridgehead atoms. The molecule has 1 fully saturated rings. The Hall–Kier alpha value is -0.130. The van der Waals surface area contributed by atoms with Crippen LogP contribution in [0.5, 0.6) is 0 Å². The van der Waals surface area contributed by atoms with Gasteiger partial charge in [-0.05, 0) is 38.0 Å². The molecule has 1 aliphatic rings. The van der Waals surface area contributed by atoms with E-state index in [0.29, 0.717) is 18.8 Å². The van der Waals surface area contributed by atoms with Gasteiger partial charge in [-0.2, -0.15) is 8.42 Å². The van der Waals surface area contributed by atoms with Crippen LogP contribution in [-0.2, 0) is 10.1 Å². The highest BCUT2D eigenvalue weighted by Crippen LogP contribution is 2.29. The lowest BCUT2D eigenvalue weighted by molar-refractivity contribution is 0.229. The SMILES string of the molecule is O=S(=O)(O)C1CCC(CCO)CC1. The average molecular weight is 208 g/mol. The van der Waals surface area contributed by atoms with Crippen molar-refractivity contribution < 1.29 is 18.1 Å². The van der Waals surface area contributed by atoms with E-state index in [9.17, 15) is 8.42 Å². The molecule has 1 aliphatic carbocycles. The lowest BCUT2D eigenvalue weighted by atomic mass is 9.87. The zero-order chi connectivity index (χ0) is 9.90. The molecule has 0 saturated heterocycles. The normalized spacial score (nSPS) is 30.3. The maximum absolute atomic E-state index is 10.8. The lowest BCUT2D eigenvalue weighted by Gasteiger charge is -2.25. The molecule has 0 heterocycles. The van der Waals surface area contributed by atoms with Gasteiger partial charge in [0.05, 0.1) is 5.25 Å². The molecule has 0 radical (unpaired) electrons. The predicted molar refractivity (Wildman–Crippen MR) is 49.0 cm³/mol. The fraction of sp³-hybridized carbons (Fsp3) is 1.00. The summed E-state index contributed by atoms with van der Waals surface area (Å²) in [5.74, 6) is 0.433. The van der Waals surface area contributed by atoms with Crippen molar-refractivity contribution in [1.82, 2.24) is 0 Å². The summed E-state index contributed by atoms with van der Waals surface area (Å²) in [5.41, 5.74) is 0. The molecule has 0 unspecified atom stereocenters. The van der Waals surface area contributed by atoms with Gasteiger partial charge in [0, 0.05) is 6.61 Å². The molecular weight excluding hydrogens is 192 g/mol.